The van der Waals surface area contributed by atoms with Crippen molar-refractivity contribution < 1.29 is 28.5 Å². The van der Waals surface area contributed by atoms with E-state index < -0.39 is 0 Å². The number of morpholine rings is 2. The van der Waals surface area contributed by atoms with Gasteiger partial charge in [-0.15, -0.1) is 0 Å². The molecule has 9 heteroatoms. The average molecular weight is 510 g/mol. The van der Waals surface area contributed by atoms with Crippen LogP contribution in [0.4, 0.5) is 4.79 Å². The smallest absolute Gasteiger partial charge is 0.409 e. The number of rotatable bonds is 10. The van der Waals surface area contributed by atoms with Crippen molar-refractivity contribution in [3.63, 3.8) is 0 Å². The van der Waals surface area contributed by atoms with E-state index in [1.165, 1.54) is 0 Å². The van der Waals surface area contributed by atoms with E-state index in [2.05, 4.69) is 11.0 Å². The van der Waals surface area contributed by atoms with Crippen molar-refractivity contribution in [1.82, 2.24) is 9.80 Å². The van der Waals surface area contributed by atoms with Crippen molar-refractivity contribution >= 4 is 6.09 Å². The van der Waals surface area contributed by atoms with Gasteiger partial charge in [0.15, 0.2) is 11.5 Å². The maximum atomic E-state index is 12.1. The number of hydrogen-bond donors (Lipinski definition) is 0. The normalized spacial score (nSPS) is 20.0. The number of methoxy groups -OCH3 is 2. The molecule has 2 aliphatic rings. The minimum atomic E-state index is -0.258. The first-order valence-corrected chi connectivity index (χ1v) is 12.7. The summed E-state index contributed by atoms with van der Waals surface area (Å²) in [7, 11) is 3.20. The van der Waals surface area contributed by atoms with Gasteiger partial charge in [-0.2, -0.15) is 5.26 Å². The molecule has 2 bridgehead atoms. The van der Waals surface area contributed by atoms with E-state index in [1.54, 1.807) is 19.1 Å². The quantitative estimate of drug-likeness (QED) is 0.474. The van der Waals surface area contributed by atoms with Crippen molar-refractivity contribution in [2.75, 3.05) is 53.6 Å². The molecule has 4 rings (SSSR count). The summed E-state index contributed by atoms with van der Waals surface area (Å²) >= 11 is 0. The van der Waals surface area contributed by atoms with Crippen LogP contribution < -0.4 is 14.2 Å². The molecule has 1 amide bonds. The molecule has 3 unspecified atom stereocenters. The second kappa shape index (κ2) is 12.7. The van der Waals surface area contributed by atoms with Crippen molar-refractivity contribution in [1.29, 1.82) is 5.26 Å². The summed E-state index contributed by atoms with van der Waals surface area (Å²) in [5.41, 5.74) is 1.63. The molecule has 0 aliphatic carbocycles. The number of nitrogens with zero attached hydrogens (tertiary/aromatic N) is 3. The van der Waals surface area contributed by atoms with Crippen LogP contribution in [-0.4, -0.2) is 81.7 Å². The highest BCUT2D eigenvalue weighted by atomic mass is 16.6. The van der Waals surface area contributed by atoms with Gasteiger partial charge in [-0.1, -0.05) is 12.1 Å². The molecule has 198 valence electrons. The lowest BCUT2D eigenvalue weighted by molar-refractivity contribution is -0.133. The molecule has 0 saturated carbocycles. The van der Waals surface area contributed by atoms with Gasteiger partial charge < -0.3 is 28.6 Å². The monoisotopic (exact) mass is 509 g/mol. The van der Waals surface area contributed by atoms with Crippen LogP contribution in [-0.2, 0) is 9.47 Å². The number of amides is 1. The Morgan fingerprint density at radius 3 is 2.38 bits per heavy atom. The largest absolute Gasteiger partial charge is 0.493 e. The predicted octanol–water partition coefficient (Wildman–Crippen LogP) is 4.02. The van der Waals surface area contributed by atoms with E-state index in [1.807, 2.05) is 49.4 Å². The second-order valence-corrected chi connectivity index (χ2v) is 9.24. The highest BCUT2D eigenvalue weighted by Crippen LogP contribution is 2.34. The van der Waals surface area contributed by atoms with Crippen LogP contribution in [0, 0.1) is 11.3 Å². The Balaban J connectivity index is 1.38. The van der Waals surface area contributed by atoms with E-state index in [9.17, 15) is 10.1 Å². The number of fused-ring (bicyclic) bond motifs is 2. The summed E-state index contributed by atoms with van der Waals surface area (Å²) in [5, 5.41) is 9.19. The summed E-state index contributed by atoms with van der Waals surface area (Å²) < 4.78 is 28.5. The van der Waals surface area contributed by atoms with Gasteiger partial charge in [0.2, 0.25) is 0 Å². The molecular formula is C28H35N3O6. The number of carbonyl (C=O) groups is 1. The maximum absolute atomic E-state index is 12.1. The van der Waals surface area contributed by atoms with Crippen molar-refractivity contribution in [2.45, 2.75) is 38.1 Å². The van der Waals surface area contributed by atoms with Crippen molar-refractivity contribution in [3.05, 3.63) is 53.6 Å². The van der Waals surface area contributed by atoms with Crippen molar-refractivity contribution in [2.24, 2.45) is 0 Å². The second-order valence-electron chi connectivity index (χ2n) is 9.24. The summed E-state index contributed by atoms with van der Waals surface area (Å²) in [6, 6.07) is 15.2. The minimum absolute atomic E-state index is 0.00533. The zero-order chi connectivity index (χ0) is 26.2. The first-order chi connectivity index (χ1) is 18.0. The summed E-state index contributed by atoms with van der Waals surface area (Å²) in [6.45, 7) is 5.78. The third kappa shape index (κ3) is 6.85. The van der Waals surface area contributed by atoms with Crippen LogP contribution in [0.5, 0.6) is 17.2 Å². The average Bonchev–Trinajstić information content (AvgIpc) is 2.92. The number of benzene rings is 2. The van der Waals surface area contributed by atoms with Crippen LogP contribution >= 0.6 is 0 Å². The standard InChI is InChI=1S/C28H35N3O6/c1-4-35-28(32)31-18-23-16-30(17-24(19-31)36-23)13-5-6-25(21-9-7-20(15-29)8-10-21)37-22-11-12-26(33-2)27(14-22)34-3/h7-12,14,23-25H,4-6,13,16-19H2,1-3H3. The lowest BCUT2D eigenvalue weighted by Crippen LogP contribution is -2.60. The molecule has 2 aliphatic heterocycles. The van der Waals surface area contributed by atoms with Gasteiger partial charge >= 0.3 is 6.09 Å². The molecule has 0 aromatic heterocycles. The molecule has 2 aromatic carbocycles. The molecule has 2 fully saturated rings. The van der Waals surface area contributed by atoms with Crippen LogP contribution in [0.25, 0.3) is 0 Å². The van der Waals surface area contributed by atoms with E-state index in [0.717, 1.165) is 38.0 Å². The van der Waals surface area contributed by atoms with E-state index in [-0.39, 0.29) is 24.4 Å². The van der Waals surface area contributed by atoms with E-state index in [0.29, 0.717) is 42.5 Å². The molecule has 0 radical (unpaired) electrons. The zero-order valence-corrected chi connectivity index (χ0v) is 21.7. The van der Waals surface area contributed by atoms with Crippen LogP contribution in [0.1, 0.15) is 37.0 Å². The highest BCUT2D eigenvalue weighted by molar-refractivity contribution is 5.67. The van der Waals surface area contributed by atoms with E-state index in [4.69, 9.17) is 23.7 Å². The fourth-order valence-corrected chi connectivity index (χ4v) is 4.94. The van der Waals surface area contributed by atoms with Gasteiger partial charge in [0, 0.05) is 19.2 Å². The molecular weight excluding hydrogens is 474 g/mol. The topological polar surface area (TPSA) is 93.5 Å². The van der Waals surface area contributed by atoms with E-state index >= 15 is 0 Å². The molecule has 0 spiro atoms. The summed E-state index contributed by atoms with van der Waals surface area (Å²) in [5.74, 6) is 1.94. The van der Waals surface area contributed by atoms with Gasteiger partial charge in [-0.05, 0) is 56.1 Å². The van der Waals surface area contributed by atoms with Crippen LogP contribution in [0.3, 0.4) is 0 Å². The Bertz CT molecular complexity index is 1070. The Hall–Kier alpha value is -3.48. The van der Waals surface area contributed by atoms with Gasteiger partial charge in [-0.3, -0.25) is 4.90 Å². The molecule has 9 nitrogen and oxygen atoms in total. The Labute approximate surface area is 218 Å². The fourth-order valence-electron chi connectivity index (χ4n) is 4.94. The summed E-state index contributed by atoms with van der Waals surface area (Å²) in [6.07, 6.45) is 1.25. The predicted molar refractivity (Wildman–Crippen MR) is 137 cm³/mol. The Morgan fingerprint density at radius 1 is 1.05 bits per heavy atom. The Kier molecular flexibility index (Phi) is 9.09. The van der Waals surface area contributed by atoms with Crippen LogP contribution in [0.15, 0.2) is 42.5 Å². The SMILES string of the molecule is CCOC(=O)N1CC2CN(CCCC(Oc3ccc(OC)c(OC)c3)c3ccc(C#N)cc3)CC(C1)O2. The Morgan fingerprint density at radius 2 is 1.76 bits per heavy atom. The molecule has 2 aromatic rings. The number of nitriles is 1. The zero-order valence-electron chi connectivity index (χ0n) is 21.7. The lowest BCUT2D eigenvalue weighted by Gasteiger charge is -2.45. The first-order valence-electron chi connectivity index (χ1n) is 12.7. The highest BCUT2D eigenvalue weighted by Gasteiger charge is 2.37. The van der Waals surface area contributed by atoms with Gasteiger partial charge in [0.25, 0.3) is 0 Å². The van der Waals surface area contributed by atoms with Crippen molar-refractivity contribution in [3.8, 4) is 23.3 Å². The third-order valence-electron chi connectivity index (χ3n) is 6.67. The van der Waals surface area contributed by atoms with Gasteiger partial charge in [-0.25, -0.2) is 4.79 Å². The number of hydrogen-bond acceptors (Lipinski definition) is 8. The lowest BCUT2D eigenvalue weighted by atomic mass is 10.0. The molecule has 3 atom stereocenters. The third-order valence-corrected chi connectivity index (χ3v) is 6.67. The molecule has 2 heterocycles. The number of ether oxygens (including phenoxy) is 5. The number of carbonyl (C=O) groups excluding carboxylic acids is 1. The maximum Gasteiger partial charge on any atom is 0.409 e. The van der Waals surface area contributed by atoms with Gasteiger partial charge in [0.1, 0.15) is 11.9 Å². The molecule has 2 saturated heterocycles. The van der Waals surface area contributed by atoms with Crippen LogP contribution in [0.2, 0.25) is 0 Å². The summed E-state index contributed by atoms with van der Waals surface area (Å²) in [4.78, 5) is 16.3. The molecule has 0 N–H and O–H groups in total. The first kappa shape index (κ1) is 26.6. The molecule has 37 heavy (non-hydrogen) atoms. The van der Waals surface area contributed by atoms with Gasteiger partial charge in [0.05, 0.1) is 57.8 Å². The minimum Gasteiger partial charge on any atom is -0.493 e. The fraction of sp³-hybridized carbons (Fsp3) is 0.500.